The molecule has 1 aromatic heterocycles. The molecule has 0 N–H and O–H groups in total. The van der Waals surface area contributed by atoms with Crippen molar-refractivity contribution in [1.82, 2.24) is 9.97 Å². The lowest BCUT2D eigenvalue weighted by atomic mass is 9.99. The first-order chi connectivity index (χ1) is 14.3. The summed E-state index contributed by atoms with van der Waals surface area (Å²) in [5, 5.41) is 0.511. The fraction of sp³-hybridized carbons (Fsp3) is 0.364. The second-order valence-electron chi connectivity index (χ2n) is 7.59. The van der Waals surface area contributed by atoms with Gasteiger partial charge in [0, 0.05) is 18.5 Å². The number of fused-ring (bicyclic) bond motifs is 1. The molecule has 4 nitrogen and oxygen atoms in total. The van der Waals surface area contributed by atoms with Gasteiger partial charge in [0.05, 0.1) is 23.8 Å². The number of hydrogen-bond acceptors (Lipinski definition) is 4. The molecule has 1 aliphatic rings. The van der Waals surface area contributed by atoms with E-state index in [0.29, 0.717) is 17.1 Å². The zero-order valence-corrected chi connectivity index (χ0v) is 16.6. The van der Waals surface area contributed by atoms with Crippen molar-refractivity contribution in [1.29, 1.82) is 0 Å². The lowest BCUT2D eigenvalue weighted by Gasteiger charge is -2.32. The van der Waals surface area contributed by atoms with Crippen molar-refractivity contribution < 1.29 is 22.3 Å². The fourth-order valence-electron chi connectivity index (χ4n) is 3.75. The standard InChI is InChI=1S/C22H21F4N3O/c1-13-8-10-29(11-9-13)21-15-7-6-14(22(24,25)26)12-17(15)27-20(28-21)19-16(23)4-3-5-18(19)30-2/h3-7,12-13H,8-11H2,1-2H3. The van der Waals surface area contributed by atoms with E-state index < -0.39 is 17.6 Å². The van der Waals surface area contributed by atoms with E-state index in [9.17, 15) is 17.6 Å². The summed E-state index contributed by atoms with van der Waals surface area (Å²) in [6.07, 6.45) is -2.61. The Balaban J connectivity index is 1.95. The van der Waals surface area contributed by atoms with Crippen LogP contribution < -0.4 is 9.64 Å². The first-order valence-electron chi connectivity index (χ1n) is 9.74. The molecule has 1 fully saturated rings. The van der Waals surface area contributed by atoms with E-state index in [0.717, 1.165) is 38.1 Å². The van der Waals surface area contributed by atoms with Gasteiger partial charge < -0.3 is 9.64 Å². The minimum atomic E-state index is -4.50. The van der Waals surface area contributed by atoms with E-state index in [-0.39, 0.29) is 22.7 Å². The molecule has 0 atom stereocenters. The number of benzene rings is 2. The Morgan fingerprint density at radius 1 is 1.07 bits per heavy atom. The normalized spacial score (nSPS) is 15.6. The molecule has 1 saturated heterocycles. The highest BCUT2D eigenvalue weighted by Crippen LogP contribution is 2.37. The van der Waals surface area contributed by atoms with Gasteiger partial charge in [-0.1, -0.05) is 13.0 Å². The van der Waals surface area contributed by atoms with Crippen LogP contribution in [0, 0.1) is 11.7 Å². The summed E-state index contributed by atoms with van der Waals surface area (Å²) in [4.78, 5) is 10.9. The maximum Gasteiger partial charge on any atom is 0.416 e. The molecule has 1 aliphatic heterocycles. The second kappa shape index (κ2) is 7.74. The van der Waals surface area contributed by atoms with Crippen LogP contribution >= 0.6 is 0 Å². The van der Waals surface area contributed by atoms with E-state index in [1.807, 2.05) is 4.90 Å². The fourth-order valence-corrected chi connectivity index (χ4v) is 3.75. The van der Waals surface area contributed by atoms with Crippen molar-refractivity contribution in [2.45, 2.75) is 25.9 Å². The monoisotopic (exact) mass is 419 g/mol. The van der Waals surface area contributed by atoms with Crippen LogP contribution in [0.15, 0.2) is 36.4 Å². The third-order valence-electron chi connectivity index (χ3n) is 5.51. The number of nitrogens with zero attached hydrogens (tertiary/aromatic N) is 3. The molecule has 158 valence electrons. The minimum absolute atomic E-state index is 0.00500. The van der Waals surface area contributed by atoms with Crippen molar-refractivity contribution in [2.75, 3.05) is 25.1 Å². The smallest absolute Gasteiger partial charge is 0.416 e. The maximum atomic E-state index is 14.7. The van der Waals surface area contributed by atoms with Crippen molar-refractivity contribution in [3.05, 3.63) is 47.8 Å². The van der Waals surface area contributed by atoms with Gasteiger partial charge in [0.1, 0.15) is 17.4 Å². The first-order valence-corrected chi connectivity index (χ1v) is 9.74. The van der Waals surface area contributed by atoms with Crippen molar-refractivity contribution in [2.24, 2.45) is 5.92 Å². The Labute approximate surface area is 171 Å². The predicted octanol–water partition coefficient (Wildman–Crippen LogP) is 5.70. The number of piperidine rings is 1. The molecule has 30 heavy (non-hydrogen) atoms. The predicted molar refractivity (Wildman–Crippen MR) is 107 cm³/mol. The Morgan fingerprint density at radius 2 is 1.80 bits per heavy atom. The summed E-state index contributed by atoms with van der Waals surface area (Å²) >= 11 is 0. The molecule has 0 unspecified atom stereocenters. The van der Waals surface area contributed by atoms with E-state index in [2.05, 4.69) is 16.9 Å². The molecule has 8 heteroatoms. The van der Waals surface area contributed by atoms with E-state index in [1.165, 1.54) is 25.3 Å². The van der Waals surface area contributed by atoms with Crippen LogP contribution in [0.2, 0.25) is 0 Å². The number of rotatable bonds is 3. The summed E-state index contributed by atoms with van der Waals surface area (Å²) in [6, 6.07) is 7.73. The van der Waals surface area contributed by atoms with Crippen LogP contribution in [0.25, 0.3) is 22.3 Å². The van der Waals surface area contributed by atoms with Crippen LogP contribution in [0.4, 0.5) is 23.4 Å². The number of methoxy groups -OCH3 is 1. The Morgan fingerprint density at radius 3 is 2.47 bits per heavy atom. The average molecular weight is 419 g/mol. The third-order valence-corrected chi connectivity index (χ3v) is 5.51. The highest BCUT2D eigenvalue weighted by atomic mass is 19.4. The van der Waals surface area contributed by atoms with Crippen LogP contribution in [0.1, 0.15) is 25.3 Å². The number of ether oxygens (including phenoxy) is 1. The van der Waals surface area contributed by atoms with E-state index in [4.69, 9.17) is 4.74 Å². The molecule has 0 radical (unpaired) electrons. The SMILES string of the molecule is COc1cccc(F)c1-c1nc(N2CCC(C)CC2)c2ccc(C(F)(F)F)cc2n1. The number of halogens is 4. The third kappa shape index (κ3) is 3.78. The van der Waals surface area contributed by atoms with Crippen molar-refractivity contribution in [3.63, 3.8) is 0 Å². The van der Waals surface area contributed by atoms with E-state index >= 15 is 0 Å². The molecule has 2 aromatic carbocycles. The van der Waals surface area contributed by atoms with Crippen LogP contribution in [-0.4, -0.2) is 30.2 Å². The zero-order chi connectivity index (χ0) is 21.5. The molecule has 2 heterocycles. The molecule has 3 aromatic rings. The van der Waals surface area contributed by atoms with Gasteiger partial charge in [-0.05, 0) is 49.1 Å². The van der Waals surface area contributed by atoms with Gasteiger partial charge in [-0.15, -0.1) is 0 Å². The van der Waals surface area contributed by atoms with Gasteiger partial charge in [-0.25, -0.2) is 14.4 Å². The molecule has 0 saturated carbocycles. The summed E-state index contributed by atoms with van der Waals surface area (Å²) in [6.45, 7) is 3.62. The average Bonchev–Trinajstić information content (AvgIpc) is 2.72. The number of hydrogen-bond donors (Lipinski definition) is 0. The molecule has 0 bridgehead atoms. The summed E-state index contributed by atoms with van der Waals surface area (Å²) in [7, 11) is 1.40. The molecular weight excluding hydrogens is 398 g/mol. The van der Waals surface area contributed by atoms with Gasteiger partial charge in [0.2, 0.25) is 0 Å². The number of aromatic nitrogens is 2. The van der Waals surface area contributed by atoms with Gasteiger partial charge >= 0.3 is 6.18 Å². The lowest BCUT2D eigenvalue weighted by Crippen LogP contribution is -2.33. The summed E-state index contributed by atoms with van der Waals surface area (Å²) < 4.78 is 59.8. The summed E-state index contributed by atoms with van der Waals surface area (Å²) in [5.74, 6) is 0.710. The highest BCUT2D eigenvalue weighted by molar-refractivity contribution is 5.92. The molecule has 4 rings (SSSR count). The highest BCUT2D eigenvalue weighted by Gasteiger charge is 2.31. The van der Waals surface area contributed by atoms with Crippen LogP contribution in [0.3, 0.4) is 0 Å². The maximum absolute atomic E-state index is 14.7. The minimum Gasteiger partial charge on any atom is -0.496 e. The quantitative estimate of drug-likeness (QED) is 0.511. The largest absolute Gasteiger partial charge is 0.496 e. The molecule has 0 amide bonds. The number of anilines is 1. The zero-order valence-electron chi connectivity index (χ0n) is 16.6. The van der Waals surface area contributed by atoms with Gasteiger partial charge in [0.25, 0.3) is 0 Å². The molecule has 0 aliphatic carbocycles. The Hall–Kier alpha value is -2.90. The van der Waals surface area contributed by atoms with Crippen molar-refractivity contribution >= 4 is 16.7 Å². The Bertz CT molecular complexity index is 1080. The molecule has 0 spiro atoms. The van der Waals surface area contributed by atoms with Crippen LogP contribution in [0.5, 0.6) is 5.75 Å². The van der Waals surface area contributed by atoms with Crippen molar-refractivity contribution in [3.8, 4) is 17.1 Å². The van der Waals surface area contributed by atoms with Crippen LogP contribution in [-0.2, 0) is 6.18 Å². The first kappa shape index (κ1) is 20.4. The Kier molecular flexibility index (Phi) is 5.26. The van der Waals surface area contributed by atoms with Gasteiger partial charge in [0.15, 0.2) is 5.82 Å². The van der Waals surface area contributed by atoms with E-state index in [1.54, 1.807) is 6.07 Å². The lowest BCUT2D eigenvalue weighted by molar-refractivity contribution is -0.137. The number of alkyl halides is 3. The summed E-state index contributed by atoms with van der Waals surface area (Å²) in [5.41, 5.74) is -0.655. The topological polar surface area (TPSA) is 38.2 Å². The van der Waals surface area contributed by atoms with Gasteiger partial charge in [-0.3, -0.25) is 0 Å². The second-order valence-corrected chi connectivity index (χ2v) is 7.59. The molecular formula is C22H21F4N3O. The van der Waals surface area contributed by atoms with Gasteiger partial charge in [-0.2, -0.15) is 13.2 Å².